The second-order valence-electron chi connectivity index (χ2n) is 6.51. The molecule has 0 aliphatic carbocycles. The van der Waals surface area contributed by atoms with E-state index in [1.54, 1.807) is 24.3 Å². The van der Waals surface area contributed by atoms with Gasteiger partial charge in [-0.25, -0.2) is 18.1 Å². The van der Waals surface area contributed by atoms with Crippen LogP contribution in [0, 0.1) is 6.92 Å². The van der Waals surface area contributed by atoms with Crippen LogP contribution < -0.4 is 9.46 Å². The molecule has 0 amide bonds. The van der Waals surface area contributed by atoms with Gasteiger partial charge in [0.1, 0.15) is 10.8 Å². The largest absolute Gasteiger partial charge is 0.494 e. The summed E-state index contributed by atoms with van der Waals surface area (Å²) in [5.74, 6) is 0.667. The number of hydrogen-bond acceptors (Lipinski definition) is 5. The fourth-order valence-electron chi connectivity index (χ4n) is 2.64. The highest BCUT2D eigenvalue weighted by molar-refractivity contribution is 7.89. The van der Waals surface area contributed by atoms with Crippen molar-refractivity contribution in [2.24, 2.45) is 0 Å². The van der Waals surface area contributed by atoms with Crippen molar-refractivity contribution < 1.29 is 13.2 Å². The zero-order valence-electron chi connectivity index (χ0n) is 16.3. The minimum absolute atomic E-state index is 0.172. The predicted octanol–water partition coefficient (Wildman–Crippen LogP) is 5.43. The Bertz CT molecular complexity index is 1060. The molecule has 3 aromatic rings. The second-order valence-corrected chi connectivity index (χ2v) is 9.76. The number of unbranched alkanes of at least 4 members (excludes halogenated alkanes) is 1. The molecule has 5 nitrogen and oxygen atoms in total. The third kappa shape index (κ3) is 5.57. The summed E-state index contributed by atoms with van der Waals surface area (Å²) in [6.07, 6.45) is 2.01. The average molecular weight is 451 g/mol. The second kappa shape index (κ2) is 9.71. The standard InChI is InChI=1S/C21H23ClN2O3S2/c1-3-4-13-27-16-9-11-17(12-10-16)29(25,26)23-14-20-15(2)24-21(28-20)18-7-5-6-8-19(18)22/h5-12,23H,3-4,13-14H2,1-2H3. The van der Waals surface area contributed by atoms with E-state index < -0.39 is 10.0 Å². The number of nitrogens with one attached hydrogen (secondary N) is 1. The monoisotopic (exact) mass is 450 g/mol. The molecule has 0 unspecified atom stereocenters. The molecule has 154 valence electrons. The summed E-state index contributed by atoms with van der Waals surface area (Å²) in [4.78, 5) is 5.60. The highest BCUT2D eigenvalue weighted by atomic mass is 35.5. The van der Waals surface area contributed by atoms with Gasteiger partial charge in [0.05, 0.1) is 22.2 Å². The number of aryl methyl sites for hydroxylation is 1. The molecule has 0 fully saturated rings. The van der Waals surface area contributed by atoms with Crippen LogP contribution in [-0.2, 0) is 16.6 Å². The average Bonchev–Trinajstić information content (AvgIpc) is 3.08. The lowest BCUT2D eigenvalue weighted by atomic mass is 10.2. The van der Waals surface area contributed by atoms with Crippen LogP contribution in [0.2, 0.25) is 5.02 Å². The molecule has 0 saturated heterocycles. The summed E-state index contributed by atoms with van der Waals surface area (Å²) in [5, 5.41) is 1.39. The minimum Gasteiger partial charge on any atom is -0.494 e. The molecule has 0 radical (unpaired) electrons. The third-order valence-corrected chi connectivity index (χ3v) is 7.26. The van der Waals surface area contributed by atoms with Crippen molar-refractivity contribution in [2.75, 3.05) is 6.61 Å². The summed E-state index contributed by atoms with van der Waals surface area (Å²) in [6, 6.07) is 13.9. The maximum absolute atomic E-state index is 12.6. The van der Waals surface area contributed by atoms with Gasteiger partial charge in [-0.1, -0.05) is 43.1 Å². The van der Waals surface area contributed by atoms with Crippen LogP contribution in [0.1, 0.15) is 30.3 Å². The highest BCUT2D eigenvalue weighted by Gasteiger charge is 2.17. The van der Waals surface area contributed by atoms with Crippen molar-refractivity contribution >= 4 is 33.0 Å². The molecule has 0 aliphatic rings. The van der Waals surface area contributed by atoms with Crippen molar-refractivity contribution in [1.82, 2.24) is 9.71 Å². The molecular formula is C21H23ClN2O3S2. The van der Waals surface area contributed by atoms with Crippen molar-refractivity contribution in [1.29, 1.82) is 0 Å². The molecule has 0 spiro atoms. The normalized spacial score (nSPS) is 11.6. The first-order valence-corrected chi connectivity index (χ1v) is 12.0. The Morgan fingerprint density at radius 3 is 2.55 bits per heavy atom. The zero-order chi connectivity index (χ0) is 20.9. The van der Waals surface area contributed by atoms with Crippen molar-refractivity contribution in [2.45, 2.75) is 38.1 Å². The predicted molar refractivity (Wildman–Crippen MR) is 118 cm³/mol. The van der Waals surface area contributed by atoms with E-state index >= 15 is 0 Å². The number of ether oxygens (including phenoxy) is 1. The van der Waals surface area contributed by atoms with Crippen LogP contribution in [0.25, 0.3) is 10.6 Å². The molecule has 1 heterocycles. The molecule has 29 heavy (non-hydrogen) atoms. The number of halogens is 1. The Morgan fingerprint density at radius 2 is 1.86 bits per heavy atom. The van der Waals surface area contributed by atoms with Gasteiger partial charge in [0.25, 0.3) is 0 Å². The summed E-state index contributed by atoms with van der Waals surface area (Å²) in [6.45, 7) is 4.75. The molecule has 0 atom stereocenters. The van der Waals surface area contributed by atoms with Gasteiger partial charge < -0.3 is 4.74 Å². The van der Waals surface area contributed by atoms with Gasteiger partial charge in [0.2, 0.25) is 10.0 Å². The first-order valence-electron chi connectivity index (χ1n) is 9.34. The highest BCUT2D eigenvalue weighted by Crippen LogP contribution is 2.32. The van der Waals surface area contributed by atoms with Gasteiger partial charge in [-0.3, -0.25) is 0 Å². The van der Waals surface area contributed by atoms with Crippen LogP contribution in [0.3, 0.4) is 0 Å². The minimum atomic E-state index is -3.63. The summed E-state index contributed by atoms with van der Waals surface area (Å²) < 4.78 is 33.5. The van der Waals surface area contributed by atoms with E-state index in [-0.39, 0.29) is 11.4 Å². The first-order chi connectivity index (χ1) is 13.9. The fourth-order valence-corrected chi connectivity index (χ4v) is 5.04. The van der Waals surface area contributed by atoms with E-state index in [0.717, 1.165) is 34.0 Å². The summed E-state index contributed by atoms with van der Waals surface area (Å²) in [5.41, 5.74) is 1.63. The summed E-state index contributed by atoms with van der Waals surface area (Å²) >= 11 is 7.68. The smallest absolute Gasteiger partial charge is 0.240 e. The number of sulfonamides is 1. The molecular weight excluding hydrogens is 428 g/mol. The van der Waals surface area contributed by atoms with Gasteiger partial charge in [-0.05, 0) is 43.7 Å². The van der Waals surface area contributed by atoms with Gasteiger partial charge in [0, 0.05) is 17.0 Å². The summed E-state index contributed by atoms with van der Waals surface area (Å²) in [7, 11) is -3.63. The van der Waals surface area contributed by atoms with Crippen LogP contribution in [0.15, 0.2) is 53.4 Å². The molecule has 8 heteroatoms. The Kier molecular flexibility index (Phi) is 7.29. The lowest BCUT2D eigenvalue weighted by Gasteiger charge is -2.08. The van der Waals surface area contributed by atoms with Gasteiger partial charge in [-0.2, -0.15) is 0 Å². The zero-order valence-corrected chi connectivity index (χ0v) is 18.7. The molecule has 2 aromatic carbocycles. The van der Waals surface area contributed by atoms with Crippen molar-refractivity contribution in [3.63, 3.8) is 0 Å². The van der Waals surface area contributed by atoms with Crippen molar-refractivity contribution in [3.05, 3.63) is 64.1 Å². The van der Waals surface area contributed by atoms with E-state index in [4.69, 9.17) is 16.3 Å². The quantitative estimate of drug-likeness (QED) is 0.441. The number of nitrogens with zero attached hydrogens (tertiary/aromatic N) is 1. The molecule has 1 aromatic heterocycles. The van der Waals surface area contributed by atoms with Crippen LogP contribution in [0.4, 0.5) is 0 Å². The van der Waals surface area contributed by atoms with Crippen LogP contribution >= 0.6 is 22.9 Å². The number of aromatic nitrogens is 1. The van der Waals surface area contributed by atoms with E-state index in [1.807, 2.05) is 31.2 Å². The molecule has 0 saturated carbocycles. The molecule has 3 rings (SSSR count). The lowest BCUT2D eigenvalue weighted by Crippen LogP contribution is -2.23. The fraction of sp³-hybridized carbons (Fsp3) is 0.286. The molecule has 1 N–H and O–H groups in total. The topological polar surface area (TPSA) is 68.3 Å². The Morgan fingerprint density at radius 1 is 1.14 bits per heavy atom. The van der Waals surface area contributed by atoms with E-state index in [2.05, 4.69) is 16.6 Å². The third-order valence-electron chi connectivity index (χ3n) is 4.32. The van der Waals surface area contributed by atoms with Gasteiger partial charge >= 0.3 is 0 Å². The van der Waals surface area contributed by atoms with E-state index in [0.29, 0.717) is 17.4 Å². The van der Waals surface area contributed by atoms with Crippen LogP contribution in [0.5, 0.6) is 5.75 Å². The molecule has 0 aliphatic heterocycles. The number of rotatable bonds is 9. The maximum Gasteiger partial charge on any atom is 0.240 e. The Hall–Kier alpha value is -1.93. The lowest BCUT2D eigenvalue weighted by molar-refractivity contribution is 0.309. The first kappa shape index (κ1) is 21.8. The number of hydrogen-bond donors (Lipinski definition) is 1. The van der Waals surface area contributed by atoms with Crippen LogP contribution in [-0.4, -0.2) is 20.0 Å². The van der Waals surface area contributed by atoms with E-state index in [9.17, 15) is 8.42 Å². The molecule has 0 bridgehead atoms. The maximum atomic E-state index is 12.6. The van der Waals surface area contributed by atoms with E-state index in [1.165, 1.54) is 11.3 Å². The SMILES string of the molecule is CCCCOc1ccc(S(=O)(=O)NCc2sc(-c3ccccc3Cl)nc2C)cc1. The number of benzene rings is 2. The Balaban J connectivity index is 1.68. The van der Waals surface area contributed by atoms with Crippen molar-refractivity contribution in [3.8, 4) is 16.3 Å². The Labute approximate surface area is 180 Å². The number of thiazole rings is 1. The van der Waals surface area contributed by atoms with Gasteiger partial charge in [-0.15, -0.1) is 11.3 Å². The van der Waals surface area contributed by atoms with Gasteiger partial charge in [0.15, 0.2) is 0 Å².